The Kier molecular flexibility index (Phi) is 4.80. The van der Waals surface area contributed by atoms with Gasteiger partial charge < -0.3 is 4.74 Å². The van der Waals surface area contributed by atoms with E-state index in [-0.39, 0.29) is 17.3 Å². The van der Waals surface area contributed by atoms with Gasteiger partial charge in [0.1, 0.15) is 0 Å². The van der Waals surface area contributed by atoms with E-state index in [1.807, 2.05) is 0 Å². The van der Waals surface area contributed by atoms with Crippen molar-refractivity contribution in [3.63, 3.8) is 0 Å². The van der Waals surface area contributed by atoms with Crippen molar-refractivity contribution in [1.29, 1.82) is 5.26 Å². The zero-order chi connectivity index (χ0) is 12.1. The zero-order valence-corrected chi connectivity index (χ0v) is 9.54. The highest BCUT2D eigenvalue weighted by atomic mass is 16.5. The molecule has 1 aliphatic carbocycles. The first-order chi connectivity index (χ1) is 6.88. The van der Waals surface area contributed by atoms with Crippen molar-refractivity contribution in [2.75, 3.05) is 7.11 Å². The van der Waals surface area contributed by atoms with Gasteiger partial charge >= 0.3 is 5.97 Å². The monoisotopic (exact) mass is 207 g/mol. The van der Waals surface area contributed by atoms with Crippen LogP contribution >= 0.6 is 0 Å². The van der Waals surface area contributed by atoms with Gasteiger partial charge in [0, 0.05) is 5.57 Å². The minimum Gasteiger partial charge on any atom is -0.469 e. The van der Waals surface area contributed by atoms with Gasteiger partial charge in [-0.15, -0.1) is 0 Å². The van der Waals surface area contributed by atoms with Crippen molar-refractivity contribution in [3.8, 4) is 6.07 Å². The number of ether oxygens (including phenoxy) is 1. The van der Waals surface area contributed by atoms with Crippen LogP contribution in [0.15, 0.2) is 24.8 Å². The molecule has 0 aromatic rings. The molecule has 0 bridgehead atoms. The van der Waals surface area contributed by atoms with E-state index in [9.17, 15) is 4.79 Å². The molecule has 3 nitrogen and oxygen atoms in total. The average Bonchev–Trinajstić information content (AvgIpc) is 2.86. The van der Waals surface area contributed by atoms with Crippen LogP contribution in [-0.2, 0) is 9.53 Å². The summed E-state index contributed by atoms with van der Waals surface area (Å²) in [5.41, 5.74) is 0.627. The van der Waals surface area contributed by atoms with Crippen LogP contribution in [0.25, 0.3) is 0 Å². The van der Waals surface area contributed by atoms with Crippen molar-refractivity contribution in [3.05, 3.63) is 24.8 Å². The van der Waals surface area contributed by atoms with Gasteiger partial charge in [-0.25, -0.2) is 0 Å². The third-order valence-corrected chi connectivity index (χ3v) is 2.39. The lowest BCUT2D eigenvalue weighted by molar-refractivity contribution is -0.142. The van der Waals surface area contributed by atoms with Crippen LogP contribution in [-0.4, -0.2) is 13.1 Å². The molecule has 1 saturated carbocycles. The Morgan fingerprint density at radius 3 is 2.20 bits per heavy atom. The highest BCUT2D eigenvalue weighted by Crippen LogP contribution is 2.51. The highest BCUT2D eigenvalue weighted by Gasteiger charge is 2.51. The van der Waals surface area contributed by atoms with Gasteiger partial charge in [-0.05, 0) is 11.8 Å². The number of nitrogens with zero attached hydrogens (tertiary/aromatic N) is 1. The Hall–Kier alpha value is -1.56. The molecule has 0 aromatic heterocycles. The normalized spacial score (nSPS) is 20.0. The molecule has 0 unspecified atom stereocenters. The molecule has 0 amide bonds. The summed E-state index contributed by atoms with van der Waals surface area (Å²) in [6.07, 6.45) is 2.40. The Morgan fingerprint density at radius 2 is 2.13 bits per heavy atom. The molecule has 0 N–H and O–H groups in total. The number of allylic oxidation sites excluding steroid dienone is 2. The fraction of sp³-hybridized carbons (Fsp3) is 0.500. The lowest BCUT2D eigenvalue weighted by atomic mass is 10.1. The van der Waals surface area contributed by atoms with Gasteiger partial charge in [0.2, 0.25) is 0 Å². The summed E-state index contributed by atoms with van der Waals surface area (Å²) in [6.45, 7) is 10.8. The number of methoxy groups -OCH3 is 1. The van der Waals surface area contributed by atoms with Crippen LogP contribution in [0.5, 0.6) is 0 Å². The van der Waals surface area contributed by atoms with E-state index in [0.717, 1.165) is 6.42 Å². The Morgan fingerprint density at radius 1 is 1.67 bits per heavy atom. The molecule has 0 heterocycles. The Labute approximate surface area is 91.0 Å². The second-order valence-corrected chi connectivity index (χ2v) is 4.11. The van der Waals surface area contributed by atoms with E-state index in [0.29, 0.717) is 5.57 Å². The number of rotatable bonds is 2. The van der Waals surface area contributed by atoms with Crippen LogP contribution in [0, 0.1) is 22.7 Å². The van der Waals surface area contributed by atoms with Gasteiger partial charge in [0.25, 0.3) is 0 Å². The molecule has 15 heavy (non-hydrogen) atoms. The number of esters is 1. The number of hydrogen-bond acceptors (Lipinski definition) is 3. The van der Waals surface area contributed by atoms with E-state index in [1.165, 1.54) is 13.2 Å². The summed E-state index contributed by atoms with van der Waals surface area (Å²) in [4.78, 5) is 10.8. The first-order valence-corrected chi connectivity index (χ1v) is 4.68. The number of nitriles is 1. The second kappa shape index (κ2) is 5.35. The van der Waals surface area contributed by atoms with Crippen LogP contribution in [0.4, 0.5) is 0 Å². The molecule has 3 heteroatoms. The molecular formula is C12H17NO2. The van der Waals surface area contributed by atoms with Crippen molar-refractivity contribution in [2.45, 2.75) is 20.3 Å². The summed E-state index contributed by atoms with van der Waals surface area (Å²) in [7, 11) is 1.44. The molecule has 0 spiro atoms. The molecule has 1 aliphatic rings. The number of carbonyl (C=O) groups is 1. The second-order valence-electron chi connectivity index (χ2n) is 4.11. The maximum atomic E-state index is 10.8. The molecule has 1 fully saturated rings. The van der Waals surface area contributed by atoms with E-state index in [1.54, 1.807) is 6.07 Å². The van der Waals surface area contributed by atoms with Crippen molar-refractivity contribution in [2.24, 2.45) is 11.3 Å². The lowest BCUT2D eigenvalue weighted by Crippen LogP contribution is -2.06. The molecule has 0 aliphatic heterocycles. The first-order valence-electron chi connectivity index (χ1n) is 4.68. The summed E-state index contributed by atoms with van der Waals surface area (Å²) < 4.78 is 4.57. The van der Waals surface area contributed by atoms with Crippen molar-refractivity contribution in [1.82, 2.24) is 0 Å². The minimum atomic E-state index is -0.0556. The predicted molar refractivity (Wildman–Crippen MR) is 58.9 cm³/mol. The van der Waals surface area contributed by atoms with E-state index in [4.69, 9.17) is 5.26 Å². The van der Waals surface area contributed by atoms with Gasteiger partial charge in [0.05, 0.1) is 19.1 Å². The summed E-state index contributed by atoms with van der Waals surface area (Å²) >= 11 is 0. The maximum absolute atomic E-state index is 10.8. The van der Waals surface area contributed by atoms with E-state index in [2.05, 4.69) is 31.7 Å². The third kappa shape index (κ3) is 4.46. The fourth-order valence-corrected chi connectivity index (χ4v) is 1.06. The lowest BCUT2D eigenvalue weighted by Gasteiger charge is -1.98. The van der Waals surface area contributed by atoms with Crippen LogP contribution in [0.3, 0.4) is 0 Å². The average molecular weight is 207 g/mol. The third-order valence-electron chi connectivity index (χ3n) is 2.39. The minimum absolute atomic E-state index is 0.0556. The summed E-state index contributed by atoms with van der Waals surface area (Å²) in [5, 5.41) is 7.91. The molecule has 1 atom stereocenters. The quantitative estimate of drug-likeness (QED) is 0.397. The van der Waals surface area contributed by atoms with Gasteiger partial charge in [-0.2, -0.15) is 5.26 Å². The van der Waals surface area contributed by atoms with E-state index < -0.39 is 0 Å². The largest absolute Gasteiger partial charge is 0.469 e. The first kappa shape index (κ1) is 13.4. The maximum Gasteiger partial charge on any atom is 0.309 e. The molecular weight excluding hydrogens is 190 g/mol. The topological polar surface area (TPSA) is 50.1 Å². The molecule has 1 rings (SSSR count). The fourth-order valence-electron chi connectivity index (χ4n) is 1.06. The molecule has 0 saturated heterocycles. The molecule has 0 aromatic carbocycles. The smallest absolute Gasteiger partial charge is 0.309 e. The van der Waals surface area contributed by atoms with Crippen LogP contribution < -0.4 is 0 Å². The summed E-state index contributed by atoms with van der Waals surface area (Å²) in [6, 6.07) is 1.80. The molecule has 82 valence electrons. The van der Waals surface area contributed by atoms with Crippen LogP contribution in [0.1, 0.15) is 20.3 Å². The Bertz CT molecular complexity index is 310. The van der Waals surface area contributed by atoms with Gasteiger partial charge in [0.15, 0.2) is 0 Å². The summed E-state index contributed by atoms with van der Waals surface area (Å²) in [5.74, 6) is 0.113. The predicted octanol–water partition coefficient (Wildman–Crippen LogP) is 2.46. The number of hydrogen-bond donors (Lipinski definition) is 0. The Balaban J connectivity index is 0.000000288. The SMILES string of the molecule is C=CC(=C)C#N.COC(=O)[C@@H]1CC1(C)C. The highest BCUT2D eigenvalue weighted by molar-refractivity contribution is 5.76. The zero-order valence-electron chi connectivity index (χ0n) is 9.54. The van der Waals surface area contributed by atoms with Crippen molar-refractivity contribution < 1.29 is 9.53 Å². The van der Waals surface area contributed by atoms with E-state index >= 15 is 0 Å². The molecule has 0 radical (unpaired) electrons. The van der Waals surface area contributed by atoms with Gasteiger partial charge in [-0.3, -0.25) is 4.79 Å². The van der Waals surface area contributed by atoms with Crippen LogP contribution in [0.2, 0.25) is 0 Å². The standard InChI is InChI=1S/C7H12O2.C5H5N/c1-7(2)4-5(7)6(8)9-3;1-3-5(2)4-6/h5H,4H2,1-3H3;3H,1-2H2/t5-;/m0./s1. The van der Waals surface area contributed by atoms with Gasteiger partial charge in [-0.1, -0.05) is 33.1 Å². The number of carbonyl (C=O) groups excluding carboxylic acids is 1. The van der Waals surface area contributed by atoms with Crippen molar-refractivity contribution >= 4 is 5.97 Å².